The second-order valence-corrected chi connectivity index (χ2v) is 6.50. The van der Waals surface area contributed by atoms with Crippen LogP contribution < -0.4 is 0 Å². The molecule has 2 nitrogen and oxygen atoms in total. The molecular weight excluding hydrogens is 254 g/mol. The highest BCUT2D eigenvalue weighted by Crippen LogP contribution is 2.34. The van der Waals surface area contributed by atoms with Gasteiger partial charge in [-0.05, 0) is 18.4 Å². The Morgan fingerprint density at radius 3 is 2.63 bits per heavy atom. The van der Waals surface area contributed by atoms with Crippen molar-refractivity contribution in [1.29, 1.82) is 0 Å². The third-order valence-electron chi connectivity index (χ3n) is 3.91. The first-order valence-electron chi connectivity index (χ1n) is 6.95. The number of amides is 1. The van der Waals surface area contributed by atoms with Gasteiger partial charge in [-0.15, -0.1) is 0 Å². The van der Waals surface area contributed by atoms with Gasteiger partial charge in [-0.2, -0.15) is 11.8 Å². The number of carbonyl (C=O) groups is 1. The van der Waals surface area contributed by atoms with Gasteiger partial charge in [0.2, 0.25) is 5.91 Å². The maximum atomic E-state index is 12.5. The number of carbonyl (C=O) groups excluding carboxylic acids is 1. The standard InChI is InChI=1S/C16H19NOS/c18-16(14-8-4-5-9-14)17-10-11-19-15(12-17)13-6-2-1-3-7-13/h1-7,14-15H,8-12H2. The lowest BCUT2D eigenvalue weighted by atomic mass is 10.0. The fourth-order valence-electron chi connectivity index (χ4n) is 2.80. The summed E-state index contributed by atoms with van der Waals surface area (Å²) in [6.45, 7) is 1.77. The number of hydrogen-bond donors (Lipinski definition) is 0. The Morgan fingerprint density at radius 2 is 1.89 bits per heavy atom. The lowest BCUT2D eigenvalue weighted by Gasteiger charge is -2.34. The maximum absolute atomic E-state index is 12.5. The molecule has 1 amide bonds. The molecule has 100 valence electrons. The number of rotatable bonds is 2. The number of nitrogens with zero attached hydrogens (tertiary/aromatic N) is 1. The average molecular weight is 273 g/mol. The summed E-state index contributed by atoms with van der Waals surface area (Å²) in [4.78, 5) is 14.5. The molecule has 1 aromatic rings. The third-order valence-corrected chi connectivity index (χ3v) is 5.15. The maximum Gasteiger partial charge on any atom is 0.226 e. The van der Waals surface area contributed by atoms with Crippen molar-refractivity contribution in [1.82, 2.24) is 4.90 Å². The second-order valence-electron chi connectivity index (χ2n) is 5.19. The van der Waals surface area contributed by atoms with Crippen LogP contribution in [0.5, 0.6) is 0 Å². The van der Waals surface area contributed by atoms with Crippen LogP contribution in [-0.2, 0) is 4.79 Å². The average Bonchev–Trinajstić information content (AvgIpc) is 3.02. The van der Waals surface area contributed by atoms with Crippen molar-refractivity contribution >= 4 is 17.7 Å². The predicted octanol–water partition coefficient (Wildman–Crippen LogP) is 3.27. The molecule has 1 aliphatic heterocycles. The Kier molecular flexibility index (Phi) is 3.92. The van der Waals surface area contributed by atoms with E-state index in [4.69, 9.17) is 0 Å². The van der Waals surface area contributed by atoms with Crippen LogP contribution >= 0.6 is 11.8 Å². The van der Waals surface area contributed by atoms with Crippen LogP contribution in [0.1, 0.15) is 23.7 Å². The van der Waals surface area contributed by atoms with Gasteiger partial charge in [-0.3, -0.25) is 4.79 Å². The van der Waals surface area contributed by atoms with Crippen molar-refractivity contribution in [2.75, 3.05) is 18.8 Å². The van der Waals surface area contributed by atoms with E-state index in [1.807, 2.05) is 17.8 Å². The monoisotopic (exact) mass is 273 g/mol. The molecule has 1 aliphatic carbocycles. The minimum atomic E-state index is 0.208. The van der Waals surface area contributed by atoms with Gasteiger partial charge in [-0.1, -0.05) is 42.5 Å². The van der Waals surface area contributed by atoms with Crippen molar-refractivity contribution in [2.24, 2.45) is 5.92 Å². The van der Waals surface area contributed by atoms with Crippen molar-refractivity contribution in [3.63, 3.8) is 0 Å². The van der Waals surface area contributed by atoms with Crippen LogP contribution in [0, 0.1) is 5.92 Å². The van der Waals surface area contributed by atoms with Gasteiger partial charge in [-0.25, -0.2) is 0 Å². The molecule has 0 radical (unpaired) electrons. The molecule has 2 aliphatic rings. The minimum absolute atomic E-state index is 0.208. The zero-order valence-corrected chi connectivity index (χ0v) is 11.8. The van der Waals surface area contributed by atoms with Crippen LogP contribution in [0.2, 0.25) is 0 Å². The lowest BCUT2D eigenvalue weighted by Crippen LogP contribution is -2.42. The molecule has 1 unspecified atom stereocenters. The number of thioether (sulfide) groups is 1. The molecule has 0 aromatic heterocycles. The first-order chi connectivity index (χ1) is 9.34. The normalized spacial score (nSPS) is 23.8. The Morgan fingerprint density at radius 1 is 1.16 bits per heavy atom. The van der Waals surface area contributed by atoms with Crippen molar-refractivity contribution < 1.29 is 4.79 Å². The molecule has 1 heterocycles. The molecule has 3 heteroatoms. The summed E-state index contributed by atoms with van der Waals surface area (Å²) in [7, 11) is 0. The Hall–Kier alpha value is -1.22. The van der Waals surface area contributed by atoms with E-state index in [1.54, 1.807) is 0 Å². The summed E-state index contributed by atoms with van der Waals surface area (Å²) in [6, 6.07) is 10.5. The van der Waals surface area contributed by atoms with Crippen LogP contribution in [0.3, 0.4) is 0 Å². The highest BCUT2D eigenvalue weighted by atomic mass is 32.2. The molecule has 0 spiro atoms. The minimum Gasteiger partial charge on any atom is -0.340 e. The van der Waals surface area contributed by atoms with E-state index < -0.39 is 0 Å². The van der Waals surface area contributed by atoms with Gasteiger partial charge in [0, 0.05) is 30.0 Å². The summed E-state index contributed by atoms with van der Waals surface area (Å²) in [5.74, 6) is 1.61. The summed E-state index contributed by atoms with van der Waals surface area (Å²) in [5.41, 5.74) is 1.34. The molecule has 0 N–H and O–H groups in total. The highest BCUT2D eigenvalue weighted by Gasteiger charge is 2.29. The third kappa shape index (κ3) is 2.86. The van der Waals surface area contributed by atoms with Gasteiger partial charge in [0.05, 0.1) is 0 Å². The molecule has 1 atom stereocenters. The van der Waals surface area contributed by atoms with E-state index in [2.05, 4.69) is 41.3 Å². The summed E-state index contributed by atoms with van der Waals surface area (Å²) >= 11 is 1.97. The smallest absolute Gasteiger partial charge is 0.226 e. The first kappa shape index (κ1) is 12.8. The van der Waals surface area contributed by atoms with E-state index in [-0.39, 0.29) is 5.92 Å². The summed E-state index contributed by atoms with van der Waals surface area (Å²) in [6.07, 6.45) is 6.13. The SMILES string of the molecule is O=C(C1CC=CC1)N1CCSC(c2ccccc2)C1. The number of allylic oxidation sites excluding steroid dienone is 2. The van der Waals surface area contributed by atoms with E-state index in [1.165, 1.54) is 5.56 Å². The van der Waals surface area contributed by atoms with E-state index in [0.29, 0.717) is 11.2 Å². The molecule has 1 aromatic carbocycles. The fraction of sp³-hybridized carbons (Fsp3) is 0.438. The summed E-state index contributed by atoms with van der Waals surface area (Å²) < 4.78 is 0. The van der Waals surface area contributed by atoms with Crippen LogP contribution in [0.25, 0.3) is 0 Å². The van der Waals surface area contributed by atoms with Gasteiger partial charge >= 0.3 is 0 Å². The quantitative estimate of drug-likeness (QED) is 0.771. The topological polar surface area (TPSA) is 20.3 Å². The molecular formula is C16H19NOS. The lowest BCUT2D eigenvalue weighted by molar-refractivity contribution is -0.135. The number of hydrogen-bond acceptors (Lipinski definition) is 2. The Balaban J connectivity index is 1.66. The van der Waals surface area contributed by atoms with Crippen LogP contribution in [0.4, 0.5) is 0 Å². The van der Waals surface area contributed by atoms with Crippen LogP contribution in [0.15, 0.2) is 42.5 Å². The predicted molar refractivity (Wildman–Crippen MR) is 80.1 cm³/mol. The van der Waals surface area contributed by atoms with E-state index in [0.717, 1.165) is 31.7 Å². The largest absolute Gasteiger partial charge is 0.340 e. The fourth-order valence-corrected chi connectivity index (χ4v) is 4.04. The second kappa shape index (κ2) is 5.83. The van der Waals surface area contributed by atoms with Crippen molar-refractivity contribution in [3.8, 4) is 0 Å². The van der Waals surface area contributed by atoms with Crippen molar-refractivity contribution in [3.05, 3.63) is 48.0 Å². The van der Waals surface area contributed by atoms with Gasteiger partial charge < -0.3 is 4.90 Å². The molecule has 1 saturated heterocycles. The molecule has 19 heavy (non-hydrogen) atoms. The van der Waals surface area contributed by atoms with Gasteiger partial charge in [0.15, 0.2) is 0 Å². The first-order valence-corrected chi connectivity index (χ1v) is 8.00. The van der Waals surface area contributed by atoms with Crippen LogP contribution in [-0.4, -0.2) is 29.6 Å². The van der Waals surface area contributed by atoms with Gasteiger partial charge in [0.25, 0.3) is 0 Å². The summed E-state index contributed by atoms with van der Waals surface area (Å²) in [5, 5.41) is 0.438. The van der Waals surface area contributed by atoms with Gasteiger partial charge in [0.1, 0.15) is 0 Å². The van der Waals surface area contributed by atoms with Crippen molar-refractivity contribution in [2.45, 2.75) is 18.1 Å². The number of benzene rings is 1. The highest BCUT2D eigenvalue weighted by molar-refractivity contribution is 7.99. The Bertz CT molecular complexity index is 463. The zero-order chi connectivity index (χ0) is 13.1. The molecule has 1 fully saturated rings. The molecule has 0 bridgehead atoms. The zero-order valence-electron chi connectivity index (χ0n) is 11.0. The Labute approximate surface area is 118 Å². The molecule has 3 rings (SSSR count). The van der Waals surface area contributed by atoms with E-state index in [9.17, 15) is 4.79 Å². The van der Waals surface area contributed by atoms with E-state index >= 15 is 0 Å². The molecule has 0 saturated carbocycles.